The smallest absolute Gasteiger partial charge is 0.406 e. The fourth-order valence-corrected chi connectivity index (χ4v) is 5.74. The van der Waals surface area contributed by atoms with Crippen LogP contribution in [-0.4, -0.2) is 57.1 Å². The first-order valence-corrected chi connectivity index (χ1v) is 12.8. The fraction of sp³-hybridized carbons (Fsp3) is 0.304. The van der Waals surface area contributed by atoms with E-state index in [1.165, 1.54) is 4.31 Å². The van der Waals surface area contributed by atoms with E-state index in [2.05, 4.69) is 25.0 Å². The zero-order valence-electron chi connectivity index (χ0n) is 19.2. The molecule has 2 aromatic heterocycles. The van der Waals surface area contributed by atoms with Gasteiger partial charge in [-0.2, -0.15) is 4.31 Å². The number of nitrogens with one attached hydrogen (secondary N) is 1. The Kier molecular flexibility index (Phi) is 6.45. The van der Waals surface area contributed by atoms with Gasteiger partial charge in [0, 0.05) is 19.0 Å². The van der Waals surface area contributed by atoms with Gasteiger partial charge in [-0.25, -0.2) is 18.1 Å². The summed E-state index contributed by atoms with van der Waals surface area (Å²) >= 11 is 0. The number of H-pyrrole nitrogens is 1. The molecule has 37 heavy (non-hydrogen) atoms. The lowest BCUT2D eigenvalue weighted by Crippen LogP contribution is -2.38. The number of ether oxygens (including phenoxy) is 1. The molecule has 1 aliphatic rings. The summed E-state index contributed by atoms with van der Waals surface area (Å²) in [4.78, 5) is 19.9. The summed E-state index contributed by atoms with van der Waals surface area (Å²) in [6, 6.07) is 13.6. The summed E-state index contributed by atoms with van der Waals surface area (Å²) in [5.41, 5.74) is 1.02. The van der Waals surface area contributed by atoms with Gasteiger partial charge in [0.25, 0.3) is 5.56 Å². The SMILES string of the molecule is O=c1[nH]c(C2CCN(S(=O)(=O)c3ccc(OC(F)(F)F)cc3)CC2)nc2c1nnn2Cc1ccccc1. The number of rotatable bonds is 6. The highest BCUT2D eigenvalue weighted by Crippen LogP contribution is 2.30. The molecular formula is C23H21F3N6O4S. The van der Waals surface area contributed by atoms with Crippen molar-refractivity contribution in [1.29, 1.82) is 0 Å². The van der Waals surface area contributed by atoms with Gasteiger partial charge >= 0.3 is 6.36 Å². The predicted octanol–water partition coefficient (Wildman–Crippen LogP) is 3.03. The van der Waals surface area contributed by atoms with Crippen molar-refractivity contribution >= 4 is 21.2 Å². The Hall–Kier alpha value is -3.78. The van der Waals surface area contributed by atoms with Crippen LogP contribution in [0.25, 0.3) is 11.2 Å². The first-order valence-electron chi connectivity index (χ1n) is 11.3. The van der Waals surface area contributed by atoms with Gasteiger partial charge in [0.05, 0.1) is 11.4 Å². The number of fused-ring (bicyclic) bond motifs is 1. The number of alkyl halides is 3. The molecule has 14 heteroatoms. The molecule has 1 aliphatic heterocycles. The van der Waals surface area contributed by atoms with Crippen molar-refractivity contribution in [1.82, 2.24) is 29.3 Å². The van der Waals surface area contributed by atoms with Crippen LogP contribution in [0.15, 0.2) is 64.3 Å². The third-order valence-corrected chi connectivity index (χ3v) is 8.02. The van der Waals surface area contributed by atoms with Crippen LogP contribution in [0.5, 0.6) is 5.75 Å². The first-order chi connectivity index (χ1) is 17.6. The molecule has 4 aromatic rings. The molecule has 5 rings (SSSR count). The number of piperidine rings is 1. The third-order valence-electron chi connectivity index (χ3n) is 6.10. The number of hydrogen-bond acceptors (Lipinski definition) is 7. The number of sulfonamides is 1. The minimum absolute atomic E-state index is 0.123. The largest absolute Gasteiger partial charge is 0.573 e. The molecule has 1 N–H and O–H groups in total. The minimum atomic E-state index is -4.87. The molecule has 1 saturated heterocycles. The van der Waals surface area contributed by atoms with Gasteiger partial charge in [-0.05, 0) is 42.7 Å². The Morgan fingerprint density at radius 1 is 1.03 bits per heavy atom. The van der Waals surface area contributed by atoms with Gasteiger partial charge in [-0.1, -0.05) is 35.5 Å². The standard InChI is InChI=1S/C23H21F3N6O4S/c24-23(25,26)36-17-6-8-18(9-7-17)37(34,35)31-12-10-16(11-13-31)20-27-21-19(22(33)28-20)29-30-32(21)14-15-4-2-1-3-5-15/h1-9,16H,10-14H2,(H,27,28,33). The van der Waals surface area contributed by atoms with Gasteiger partial charge in [-0.3, -0.25) is 4.79 Å². The molecule has 10 nitrogen and oxygen atoms in total. The second-order valence-electron chi connectivity index (χ2n) is 8.55. The number of halogens is 3. The fourth-order valence-electron chi connectivity index (χ4n) is 4.27. The Morgan fingerprint density at radius 3 is 2.35 bits per heavy atom. The molecule has 0 spiro atoms. The molecule has 0 amide bonds. The lowest BCUT2D eigenvalue weighted by Gasteiger charge is -2.30. The topological polar surface area (TPSA) is 123 Å². The zero-order valence-corrected chi connectivity index (χ0v) is 20.0. The van der Waals surface area contributed by atoms with Crippen LogP contribution in [0.2, 0.25) is 0 Å². The van der Waals surface area contributed by atoms with Gasteiger partial charge in [0.15, 0.2) is 11.2 Å². The summed E-state index contributed by atoms with van der Waals surface area (Å²) in [6.45, 7) is 0.685. The van der Waals surface area contributed by atoms with E-state index in [9.17, 15) is 26.4 Å². The second-order valence-corrected chi connectivity index (χ2v) is 10.5. The summed E-state index contributed by atoms with van der Waals surface area (Å²) < 4.78 is 69.7. The molecule has 0 bridgehead atoms. The maximum atomic E-state index is 13.0. The highest BCUT2D eigenvalue weighted by atomic mass is 32.2. The van der Waals surface area contributed by atoms with Crippen molar-refractivity contribution in [3.8, 4) is 5.75 Å². The van der Waals surface area contributed by atoms with Crippen LogP contribution >= 0.6 is 0 Å². The Labute approximate surface area is 208 Å². The van der Waals surface area contributed by atoms with Gasteiger partial charge in [-0.15, -0.1) is 18.3 Å². The Bertz CT molecular complexity index is 1560. The maximum absolute atomic E-state index is 13.0. The highest BCUT2D eigenvalue weighted by molar-refractivity contribution is 7.89. The van der Waals surface area contributed by atoms with Crippen molar-refractivity contribution in [2.24, 2.45) is 0 Å². The number of benzene rings is 2. The maximum Gasteiger partial charge on any atom is 0.573 e. The number of aromatic nitrogens is 5. The minimum Gasteiger partial charge on any atom is -0.406 e. The molecule has 3 heterocycles. The summed E-state index contributed by atoms with van der Waals surface area (Å²) in [7, 11) is -3.92. The summed E-state index contributed by atoms with van der Waals surface area (Å²) in [5, 5.41) is 8.02. The number of aromatic amines is 1. The van der Waals surface area contributed by atoms with E-state index in [4.69, 9.17) is 0 Å². The Balaban J connectivity index is 1.31. The molecule has 0 radical (unpaired) electrons. The average molecular weight is 535 g/mol. The van der Waals surface area contributed by atoms with E-state index in [0.29, 0.717) is 30.9 Å². The van der Waals surface area contributed by atoms with E-state index in [-0.39, 0.29) is 29.4 Å². The summed E-state index contributed by atoms with van der Waals surface area (Å²) in [6.07, 6.45) is -4.08. The van der Waals surface area contributed by atoms with E-state index in [0.717, 1.165) is 29.8 Å². The second kappa shape index (κ2) is 9.59. The normalized spacial score (nSPS) is 15.8. The predicted molar refractivity (Wildman–Crippen MR) is 125 cm³/mol. The van der Waals surface area contributed by atoms with E-state index >= 15 is 0 Å². The lowest BCUT2D eigenvalue weighted by atomic mass is 9.97. The van der Waals surface area contributed by atoms with Crippen molar-refractivity contribution in [3.63, 3.8) is 0 Å². The Morgan fingerprint density at radius 2 is 1.70 bits per heavy atom. The van der Waals surface area contributed by atoms with Crippen molar-refractivity contribution in [2.45, 2.75) is 36.6 Å². The van der Waals surface area contributed by atoms with Crippen LogP contribution in [0.1, 0.15) is 30.1 Å². The van der Waals surface area contributed by atoms with Crippen molar-refractivity contribution in [2.75, 3.05) is 13.1 Å². The molecule has 194 valence electrons. The average Bonchev–Trinajstić information content (AvgIpc) is 3.27. The van der Waals surface area contributed by atoms with Gasteiger partial charge < -0.3 is 9.72 Å². The zero-order chi connectivity index (χ0) is 26.2. The lowest BCUT2D eigenvalue weighted by molar-refractivity contribution is -0.274. The molecule has 0 unspecified atom stereocenters. The number of hydrogen-bond donors (Lipinski definition) is 1. The molecule has 0 saturated carbocycles. The third kappa shape index (κ3) is 5.34. The van der Waals surface area contributed by atoms with E-state index in [1.807, 2.05) is 30.3 Å². The van der Waals surface area contributed by atoms with Gasteiger partial charge in [0.2, 0.25) is 10.0 Å². The number of nitrogens with zero attached hydrogens (tertiary/aromatic N) is 5. The van der Waals surface area contributed by atoms with Crippen molar-refractivity contribution < 1.29 is 26.3 Å². The van der Waals surface area contributed by atoms with Crippen LogP contribution in [0.4, 0.5) is 13.2 Å². The first kappa shape index (κ1) is 24.9. The monoisotopic (exact) mass is 534 g/mol. The molecule has 2 aromatic carbocycles. The van der Waals surface area contributed by atoms with E-state index < -0.39 is 27.7 Å². The molecule has 0 atom stereocenters. The van der Waals surface area contributed by atoms with Gasteiger partial charge in [0.1, 0.15) is 11.6 Å². The molecule has 1 fully saturated rings. The van der Waals surface area contributed by atoms with Crippen LogP contribution in [0.3, 0.4) is 0 Å². The molecular weight excluding hydrogens is 513 g/mol. The summed E-state index contributed by atoms with van der Waals surface area (Å²) in [5.74, 6) is -0.275. The highest BCUT2D eigenvalue weighted by Gasteiger charge is 2.33. The van der Waals surface area contributed by atoms with E-state index in [1.54, 1.807) is 4.68 Å². The van der Waals surface area contributed by atoms with Crippen LogP contribution in [-0.2, 0) is 16.6 Å². The van der Waals surface area contributed by atoms with Crippen LogP contribution in [0, 0.1) is 0 Å². The molecule has 0 aliphatic carbocycles. The quantitative estimate of drug-likeness (QED) is 0.403. The van der Waals surface area contributed by atoms with Crippen LogP contribution < -0.4 is 10.3 Å². The van der Waals surface area contributed by atoms with Crippen molar-refractivity contribution in [3.05, 3.63) is 76.3 Å².